The van der Waals surface area contributed by atoms with Gasteiger partial charge in [0.25, 0.3) is 0 Å². The van der Waals surface area contributed by atoms with E-state index in [1.807, 2.05) is 0 Å². The number of hydrogen-bond donors (Lipinski definition) is 4. The first-order chi connectivity index (χ1) is 6.53. The molecule has 1 amide bonds. The largest absolute Gasteiger partial charge is 0.387 e. The van der Waals surface area contributed by atoms with Crippen LogP contribution in [0.4, 0.5) is 0 Å². The zero-order valence-corrected chi connectivity index (χ0v) is 8.42. The number of aliphatic hydroxyl groups is 2. The van der Waals surface area contributed by atoms with Crippen LogP contribution >= 0.6 is 0 Å². The van der Waals surface area contributed by atoms with Crippen LogP contribution in [0.25, 0.3) is 0 Å². The summed E-state index contributed by atoms with van der Waals surface area (Å²) in [4.78, 5) is 11.0. The van der Waals surface area contributed by atoms with Gasteiger partial charge in [0, 0.05) is 13.1 Å². The van der Waals surface area contributed by atoms with E-state index in [0.29, 0.717) is 13.0 Å². The molecule has 1 rings (SSSR count). The van der Waals surface area contributed by atoms with Gasteiger partial charge < -0.3 is 20.8 Å². The molecule has 0 spiro atoms. The molecule has 0 aromatic rings. The summed E-state index contributed by atoms with van der Waals surface area (Å²) < 4.78 is 0. The summed E-state index contributed by atoms with van der Waals surface area (Å²) >= 11 is 0. The number of carbonyl (C=O) groups excluding carboxylic acids is 1. The second kappa shape index (κ2) is 4.72. The normalized spacial score (nSPS) is 29.6. The van der Waals surface area contributed by atoms with Crippen molar-refractivity contribution in [3.05, 3.63) is 0 Å². The highest BCUT2D eigenvalue weighted by Crippen LogP contribution is 2.14. The van der Waals surface area contributed by atoms with E-state index in [1.165, 1.54) is 6.92 Å². The molecule has 2 atom stereocenters. The highest BCUT2D eigenvalue weighted by atomic mass is 16.3. The molecule has 1 fully saturated rings. The van der Waals surface area contributed by atoms with Crippen LogP contribution in [-0.4, -0.2) is 47.5 Å². The minimum Gasteiger partial charge on any atom is -0.387 e. The van der Waals surface area contributed by atoms with Crippen molar-refractivity contribution in [3.8, 4) is 0 Å². The molecule has 0 radical (unpaired) electrons. The van der Waals surface area contributed by atoms with Gasteiger partial charge in [0.2, 0.25) is 5.91 Å². The molecule has 14 heavy (non-hydrogen) atoms. The number of rotatable bonds is 3. The van der Waals surface area contributed by atoms with E-state index in [2.05, 4.69) is 10.6 Å². The molecule has 0 aliphatic carbocycles. The van der Waals surface area contributed by atoms with E-state index in [-0.39, 0.29) is 6.54 Å². The third-order valence-electron chi connectivity index (χ3n) is 2.42. The average molecular weight is 202 g/mol. The van der Waals surface area contributed by atoms with E-state index in [0.717, 1.165) is 13.0 Å². The smallest absolute Gasteiger partial charge is 0.248 e. The molecule has 82 valence electrons. The maximum atomic E-state index is 11.0. The molecule has 5 heteroatoms. The number of piperidine rings is 1. The number of hydrogen-bond acceptors (Lipinski definition) is 4. The van der Waals surface area contributed by atoms with Crippen molar-refractivity contribution in [1.82, 2.24) is 10.6 Å². The second-order valence-corrected chi connectivity index (χ2v) is 3.90. The Labute approximate surface area is 83.5 Å². The Morgan fingerprint density at radius 3 is 2.93 bits per heavy atom. The third kappa shape index (κ3) is 3.25. The topological polar surface area (TPSA) is 81.6 Å². The first kappa shape index (κ1) is 11.4. The molecule has 1 aliphatic heterocycles. The van der Waals surface area contributed by atoms with Crippen molar-refractivity contribution in [2.75, 3.05) is 19.6 Å². The highest BCUT2D eigenvalue weighted by molar-refractivity contribution is 5.80. The summed E-state index contributed by atoms with van der Waals surface area (Å²) in [5.41, 5.74) is -0.858. The van der Waals surface area contributed by atoms with E-state index < -0.39 is 17.6 Å². The van der Waals surface area contributed by atoms with Crippen molar-refractivity contribution in [2.45, 2.75) is 31.5 Å². The number of carbonyl (C=O) groups is 1. The summed E-state index contributed by atoms with van der Waals surface area (Å²) in [5.74, 6) is -0.441. The van der Waals surface area contributed by atoms with Crippen molar-refractivity contribution >= 4 is 5.91 Å². The Bertz CT molecular complexity index is 200. The molecule has 1 heterocycles. The van der Waals surface area contributed by atoms with Crippen LogP contribution in [0.15, 0.2) is 0 Å². The van der Waals surface area contributed by atoms with Crippen LogP contribution in [0.2, 0.25) is 0 Å². The van der Waals surface area contributed by atoms with E-state index in [1.54, 1.807) is 0 Å². The number of β-amino-alcohol motifs (C(OH)–C–C–N with tert-alkyl or cyclic N) is 1. The summed E-state index contributed by atoms with van der Waals surface area (Å²) in [6.07, 6.45) is 0.566. The van der Waals surface area contributed by atoms with Gasteiger partial charge in [-0.15, -0.1) is 0 Å². The van der Waals surface area contributed by atoms with Crippen LogP contribution in [0.3, 0.4) is 0 Å². The number of aliphatic hydroxyl groups excluding tert-OH is 1. The van der Waals surface area contributed by atoms with Gasteiger partial charge in [-0.1, -0.05) is 0 Å². The van der Waals surface area contributed by atoms with Crippen molar-refractivity contribution in [1.29, 1.82) is 0 Å². The monoisotopic (exact) mass is 202 g/mol. The van der Waals surface area contributed by atoms with Crippen LogP contribution in [-0.2, 0) is 4.79 Å². The average Bonchev–Trinajstić information content (AvgIpc) is 2.15. The van der Waals surface area contributed by atoms with Crippen LogP contribution < -0.4 is 10.6 Å². The van der Waals surface area contributed by atoms with E-state index in [9.17, 15) is 9.90 Å². The SMILES string of the molecule is C[C@@H](O)C(=O)NCC1(O)CCCNC1. The molecule has 1 aliphatic rings. The highest BCUT2D eigenvalue weighted by Gasteiger charge is 2.29. The minimum atomic E-state index is -1.02. The third-order valence-corrected chi connectivity index (χ3v) is 2.42. The summed E-state index contributed by atoms with van der Waals surface area (Å²) in [7, 11) is 0. The Morgan fingerprint density at radius 2 is 2.43 bits per heavy atom. The fourth-order valence-corrected chi connectivity index (χ4v) is 1.50. The Hall–Kier alpha value is -0.650. The molecule has 5 nitrogen and oxygen atoms in total. The second-order valence-electron chi connectivity index (χ2n) is 3.90. The maximum absolute atomic E-state index is 11.0. The van der Waals surface area contributed by atoms with Gasteiger partial charge >= 0.3 is 0 Å². The Balaban J connectivity index is 2.32. The summed E-state index contributed by atoms with van der Waals surface area (Å²) in [6, 6.07) is 0. The molecule has 1 unspecified atom stereocenters. The predicted octanol–water partition coefficient (Wildman–Crippen LogP) is -1.40. The van der Waals surface area contributed by atoms with Crippen molar-refractivity contribution in [2.24, 2.45) is 0 Å². The quantitative estimate of drug-likeness (QED) is 0.453. The lowest BCUT2D eigenvalue weighted by Crippen LogP contribution is -2.53. The van der Waals surface area contributed by atoms with Crippen molar-refractivity contribution in [3.63, 3.8) is 0 Å². The van der Waals surface area contributed by atoms with Crippen molar-refractivity contribution < 1.29 is 15.0 Å². The molecule has 1 saturated heterocycles. The number of amides is 1. The standard InChI is InChI=1S/C9H18N2O3/c1-7(12)8(13)11-6-9(14)3-2-4-10-5-9/h7,10,12,14H,2-6H2,1H3,(H,11,13)/t7-,9?/m1/s1. The molecule has 4 N–H and O–H groups in total. The first-order valence-corrected chi connectivity index (χ1v) is 4.92. The fraction of sp³-hybridized carbons (Fsp3) is 0.889. The molecular weight excluding hydrogens is 184 g/mol. The molecule has 0 aromatic heterocycles. The molecule has 0 aromatic carbocycles. The first-order valence-electron chi connectivity index (χ1n) is 4.92. The molecule has 0 bridgehead atoms. The lowest BCUT2D eigenvalue weighted by atomic mass is 9.94. The predicted molar refractivity (Wildman–Crippen MR) is 51.7 cm³/mol. The number of nitrogens with one attached hydrogen (secondary N) is 2. The lowest BCUT2D eigenvalue weighted by molar-refractivity contribution is -0.129. The zero-order valence-electron chi connectivity index (χ0n) is 8.42. The van der Waals surface area contributed by atoms with Gasteiger partial charge in [-0.2, -0.15) is 0 Å². The zero-order chi connectivity index (χ0) is 10.6. The molecule has 0 saturated carbocycles. The van der Waals surface area contributed by atoms with E-state index in [4.69, 9.17) is 5.11 Å². The summed E-state index contributed by atoms with van der Waals surface area (Å²) in [5, 5.41) is 24.4. The van der Waals surface area contributed by atoms with Gasteiger partial charge in [-0.25, -0.2) is 0 Å². The van der Waals surface area contributed by atoms with Crippen LogP contribution in [0.1, 0.15) is 19.8 Å². The van der Waals surface area contributed by atoms with E-state index >= 15 is 0 Å². The lowest BCUT2D eigenvalue weighted by Gasteiger charge is -2.32. The Morgan fingerprint density at radius 1 is 1.71 bits per heavy atom. The minimum absolute atomic E-state index is 0.198. The van der Waals surface area contributed by atoms with Crippen LogP contribution in [0.5, 0.6) is 0 Å². The molecular formula is C9H18N2O3. The van der Waals surface area contributed by atoms with Gasteiger partial charge in [0.05, 0.1) is 5.60 Å². The Kier molecular flexibility index (Phi) is 3.86. The van der Waals surface area contributed by atoms with Gasteiger partial charge in [-0.05, 0) is 26.3 Å². The van der Waals surface area contributed by atoms with Gasteiger partial charge in [0.15, 0.2) is 0 Å². The van der Waals surface area contributed by atoms with Gasteiger partial charge in [0.1, 0.15) is 6.10 Å². The fourth-order valence-electron chi connectivity index (χ4n) is 1.50. The maximum Gasteiger partial charge on any atom is 0.248 e. The summed E-state index contributed by atoms with van der Waals surface area (Å²) in [6.45, 7) is 3.00. The van der Waals surface area contributed by atoms with Gasteiger partial charge in [-0.3, -0.25) is 4.79 Å². The van der Waals surface area contributed by atoms with Crippen LogP contribution in [0, 0.1) is 0 Å².